The molecule has 2 aromatic carbocycles. The predicted octanol–water partition coefficient (Wildman–Crippen LogP) is 2.63. The number of benzene rings is 2. The van der Waals surface area contributed by atoms with Gasteiger partial charge in [-0.2, -0.15) is 5.26 Å². The number of hydrogen-bond acceptors (Lipinski definition) is 4. The van der Waals surface area contributed by atoms with E-state index in [0.717, 1.165) is 5.69 Å². The summed E-state index contributed by atoms with van der Waals surface area (Å²) in [5, 5.41) is 20.4. The molecule has 136 valence electrons. The normalized spacial score (nSPS) is 20.4. The van der Waals surface area contributed by atoms with Crippen LogP contribution in [0.4, 0.5) is 0 Å². The maximum Gasteiger partial charge on any atom is 0.267 e. The quantitative estimate of drug-likeness (QED) is 0.761. The van der Waals surface area contributed by atoms with Crippen molar-refractivity contribution in [3.05, 3.63) is 82.3 Å². The predicted molar refractivity (Wildman–Crippen MR) is 100 cm³/mol. The van der Waals surface area contributed by atoms with Gasteiger partial charge in [0, 0.05) is 17.8 Å². The molecule has 6 heteroatoms. The Labute approximate surface area is 156 Å². The number of para-hydroxylation sites is 1. The highest BCUT2D eigenvalue weighted by molar-refractivity contribution is 5.47. The molecule has 6 nitrogen and oxygen atoms in total. The summed E-state index contributed by atoms with van der Waals surface area (Å²) in [4.78, 5) is 12.8. The molecule has 0 saturated heterocycles. The second-order valence-electron chi connectivity index (χ2n) is 7.14. The molecule has 0 amide bonds. The molecule has 0 spiro atoms. The number of nitrogens with zero attached hydrogens (tertiary/aromatic N) is 3. The van der Waals surface area contributed by atoms with Crippen molar-refractivity contribution in [1.82, 2.24) is 9.36 Å². The van der Waals surface area contributed by atoms with E-state index >= 15 is 0 Å². The van der Waals surface area contributed by atoms with Crippen molar-refractivity contribution in [2.75, 3.05) is 0 Å². The highest BCUT2D eigenvalue weighted by atomic mass is 16.5. The fourth-order valence-electron chi connectivity index (χ4n) is 3.55. The molecule has 1 aromatic heterocycles. The number of rotatable bonds is 2. The molecule has 1 aliphatic heterocycles. The summed E-state index contributed by atoms with van der Waals surface area (Å²) in [6.07, 6.45) is 0.690. The molecule has 3 aromatic rings. The van der Waals surface area contributed by atoms with Crippen LogP contribution in [0.3, 0.4) is 0 Å². The number of nitriles is 1. The number of ether oxygens (including phenoxy) is 1. The first kappa shape index (κ1) is 17.1. The number of aliphatic hydroxyl groups is 1. The average Bonchev–Trinajstić information content (AvgIpc) is 3.04. The van der Waals surface area contributed by atoms with E-state index in [2.05, 4.69) is 6.07 Å². The minimum absolute atomic E-state index is 0.242. The molecule has 0 fully saturated rings. The van der Waals surface area contributed by atoms with Crippen molar-refractivity contribution in [2.45, 2.75) is 31.6 Å². The maximum absolute atomic E-state index is 12.8. The summed E-state index contributed by atoms with van der Waals surface area (Å²) < 4.78 is 9.20. The Balaban J connectivity index is 1.98. The molecule has 27 heavy (non-hydrogen) atoms. The molecule has 2 heterocycles. The summed E-state index contributed by atoms with van der Waals surface area (Å²) in [5.41, 5.74) is 0.707. The van der Waals surface area contributed by atoms with E-state index in [4.69, 9.17) is 4.74 Å². The Morgan fingerprint density at radius 1 is 1.15 bits per heavy atom. The van der Waals surface area contributed by atoms with E-state index in [0.29, 0.717) is 16.9 Å². The number of hydrogen-bond donors (Lipinski definition) is 1. The van der Waals surface area contributed by atoms with E-state index in [1.165, 1.54) is 10.7 Å². The number of aromatic nitrogens is 2. The lowest BCUT2D eigenvalue weighted by Gasteiger charge is -2.42. The summed E-state index contributed by atoms with van der Waals surface area (Å²) in [6.45, 7) is 3.57. The van der Waals surface area contributed by atoms with Crippen molar-refractivity contribution < 1.29 is 9.84 Å². The number of aliphatic hydroxyl groups excluding tert-OH is 1. The Hall–Kier alpha value is -3.30. The van der Waals surface area contributed by atoms with Crippen molar-refractivity contribution in [3.8, 4) is 17.5 Å². The maximum atomic E-state index is 12.8. The first-order valence-electron chi connectivity index (χ1n) is 8.69. The molecule has 0 aliphatic carbocycles. The van der Waals surface area contributed by atoms with Gasteiger partial charge in [-0.1, -0.05) is 18.2 Å². The third kappa shape index (κ3) is 2.73. The van der Waals surface area contributed by atoms with Crippen LogP contribution >= 0.6 is 0 Å². The number of fused-ring (bicyclic) bond motifs is 1. The van der Waals surface area contributed by atoms with Crippen LogP contribution < -0.4 is 10.3 Å². The van der Waals surface area contributed by atoms with Crippen LogP contribution in [0.2, 0.25) is 0 Å². The SMILES string of the molecule is CC1(C)Oc2ccc(C#N)cc2C(n2c(=O)ccn2-c2ccccc2)C1O. The molecule has 2 atom stereocenters. The third-order valence-corrected chi connectivity index (χ3v) is 4.94. The standard InChI is InChI=1S/C21H19N3O3/c1-21(2)20(26)19(16-12-14(13-22)8-9-17(16)27-21)24-18(25)10-11-23(24)15-6-4-3-5-7-15/h3-12,19-20,26H,1-2H3. The summed E-state index contributed by atoms with van der Waals surface area (Å²) in [7, 11) is 0. The van der Waals surface area contributed by atoms with Crippen LogP contribution in [-0.4, -0.2) is 26.2 Å². The zero-order chi connectivity index (χ0) is 19.2. The molecule has 0 bridgehead atoms. The van der Waals surface area contributed by atoms with Gasteiger partial charge in [-0.15, -0.1) is 0 Å². The molecule has 4 rings (SSSR count). The molecular weight excluding hydrogens is 342 g/mol. The lowest BCUT2D eigenvalue weighted by molar-refractivity contribution is -0.0675. The van der Waals surface area contributed by atoms with Crippen molar-refractivity contribution in [2.24, 2.45) is 0 Å². The van der Waals surface area contributed by atoms with Gasteiger partial charge in [-0.3, -0.25) is 9.48 Å². The van der Waals surface area contributed by atoms with Gasteiger partial charge in [0.15, 0.2) is 0 Å². The highest BCUT2D eigenvalue weighted by Gasteiger charge is 2.45. The lowest BCUT2D eigenvalue weighted by Crippen LogP contribution is -2.52. The topological polar surface area (TPSA) is 80.2 Å². The van der Waals surface area contributed by atoms with Crippen molar-refractivity contribution >= 4 is 0 Å². The second kappa shape index (κ2) is 6.15. The zero-order valence-electron chi connectivity index (χ0n) is 15.0. The highest BCUT2D eigenvalue weighted by Crippen LogP contribution is 2.42. The van der Waals surface area contributed by atoms with Crippen LogP contribution in [0.5, 0.6) is 5.75 Å². The fourth-order valence-corrected chi connectivity index (χ4v) is 3.55. The Kier molecular flexibility index (Phi) is 3.90. The minimum Gasteiger partial charge on any atom is -0.485 e. The van der Waals surface area contributed by atoms with Crippen LogP contribution in [0, 0.1) is 11.3 Å². The van der Waals surface area contributed by atoms with Gasteiger partial charge < -0.3 is 9.84 Å². The van der Waals surface area contributed by atoms with E-state index in [-0.39, 0.29) is 5.56 Å². The molecule has 1 aliphatic rings. The zero-order valence-corrected chi connectivity index (χ0v) is 15.0. The van der Waals surface area contributed by atoms with E-state index in [1.54, 1.807) is 42.9 Å². The van der Waals surface area contributed by atoms with Gasteiger partial charge in [-0.05, 0) is 44.2 Å². The van der Waals surface area contributed by atoms with Crippen molar-refractivity contribution in [3.63, 3.8) is 0 Å². The second-order valence-corrected chi connectivity index (χ2v) is 7.14. The van der Waals surface area contributed by atoms with Crippen LogP contribution in [0.15, 0.2) is 65.6 Å². The molecule has 0 radical (unpaired) electrons. The monoisotopic (exact) mass is 361 g/mol. The third-order valence-electron chi connectivity index (χ3n) is 4.94. The van der Waals surface area contributed by atoms with E-state index in [9.17, 15) is 15.2 Å². The van der Waals surface area contributed by atoms with Crippen molar-refractivity contribution in [1.29, 1.82) is 5.26 Å². The first-order valence-corrected chi connectivity index (χ1v) is 8.69. The van der Waals surface area contributed by atoms with Gasteiger partial charge in [0.2, 0.25) is 0 Å². The smallest absolute Gasteiger partial charge is 0.267 e. The lowest BCUT2D eigenvalue weighted by atomic mass is 9.86. The summed E-state index contributed by atoms with van der Waals surface area (Å²) >= 11 is 0. The fraction of sp³-hybridized carbons (Fsp3) is 0.238. The van der Waals surface area contributed by atoms with E-state index in [1.807, 2.05) is 30.3 Å². The molecule has 2 unspecified atom stereocenters. The van der Waals surface area contributed by atoms with Crippen LogP contribution in [-0.2, 0) is 0 Å². The largest absolute Gasteiger partial charge is 0.485 e. The van der Waals surface area contributed by atoms with Gasteiger partial charge >= 0.3 is 0 Å². The van der Waals surface area contributed by atoms with Gasteiger partial charge in [-0.25, -0.2) is 4.68 Å². The molecule has 1 N–H and O–H groups in total. The average molecular weight is 361 g/mol. The van der Waals surface area contributed by atoms with Gasteiger partial charge in [0.25, 0.3) is 5.56 Å². The van der Waals surface area contributed by atoms with Crippen LogP contribution in [0.25, 0.3) is 5.69 Å². The van der Waals surface area contributed by atoms with Gasteiger partial charge in [0.1, 0.15) is 23.5 Å². The Morgan fingerprint density at radius 2 is 1.89 bits per heavy atom. The summed E-state index contributed by atoms with van der Waals surface area (Å²) in [5.74, 6) is 0.557. The minimum atomic E-state index is -0.992. The first-order chi connectivity index (χ1) is 12.9. The summed E-state index contributed by atoms with van der Waals surface area (Å²) in [6, 6.07) is 17.4. The van der Waals surface area contributed by atoms with E-state index < -0.39 is 17.7 Å². The Morgan fingerprint density at radius 3 is 2.59 bits per heavy atom. The molecular formula is C21H19N3O3. The molecule has 0 saturated carbocycles. The Bertz CT molecular complexity index is 1090. The van der Waals surface area contributed by atoms with Gasteiger partial charge in [0.05, 0.1) is 17.3 Å². The van der Waals surface area contributed by atoms with Crippen LogP contribution in [0.1, 0.15) is 31.0 Å².